The number of imidazole rings is 1. The van der Waals surface area contributed by atoms with Gasteiger partial charge in [-0.05, 0) is 35.7 Å². The first-order valence-corrected chi connectivity index (χ1v) is 8.37. The van der Waals surface area contributed by atoms with Crippen LogP contribution in [0.2, 0.25) is 0 Å². The minimum Gasteiger partial charge on any atom is -0.226 e. The number of fused-ring (bicyclic) bond motifs is 1. The molecule has 1 heterocycles. The van der Waals surface area contributed by atoms with E-state index in [0.717, 1.165) is 13.1 Å². The van der Waals surface area contributed by atoms with Crippen molar-refractivity contribution in [3.8, 4) is 0 Å². The van der Waals surface area contributed by atoms with Gasteiger partial charge in [-0.2, -0.15) is 0 Å². The fraction of sp³-hybridized carbons (Fsp3) is 0.136. The minimum absolute atomic E-state index is 0.891. The van der Waals surface area contributed by atoms with Crippen LogP contribution in [0.4, 0.5) is 0 Å². The van der Waals surface area contributed by atoms with E-state index in [0.29, 0.717) is 0 Å². The molecule has 3 aromatic carbocycles. The Kier molecular flexibility index (Phi) is 3.87. The van der Waals surface area contributed by atoms with E-state index in [4.69, 9.17) is 0 Å². The van der Waals surface area contributed by atoms with E-state index in [-0.39, 0.29) is 0 Å². The molecule has 0 bridgehead atoms. The van der Waals surface area contributed by atoms with Crippen molar-refractivity contribution in [1.82, 2.24) is 4.57 Å². The third-order valence-electron chi connectivity index (χ3n) is 4.58. The molecular formula is C22H21N2+. The lowest BCUT2D eigenvalue weighted by Gasteiger charge is -2.02. The number of aromatic nitrogens is 2. The molecule has 118 valence electrons. The van der Waals surface area contributed by atoms with Crippen LogP contribution in [0.15, 0.2) is 85.2 Å². The van der Waals surface area contributed by atoms with Gasteiger partial charge in [0.05, 0.1) is 0 Å². The largest absolute Gasteiger partial charge is 0.245 e. The van der Waals surface area contributed by atoms with Crippen molar-refractivity contribution in [2.45, 2.75) is 20.0 Å². The SMILES string of the molecule is Cc1ccccc1Cn1c[n+](Cc2ccccc2)c2ccccc21. The standard InChI is InChI=1S/C22H21N2/c1-18-9-5-6-12-20(18)16-24-17-23(15-19-10-3-2-4-11-19)21-13-7-8-14-22(21)24/h2-14,17H,15-16H2,1H3/q+1. The lowest BCUT2D eigenvalue weighted by Crippen LogP contribution is -2.32. The van der Waals surface area contributed by atoms with Crippen molar-refractivity contribution in [2.75, 3.05) is 0 Å². The number of benzene rings is 3. The zero-order valence-electron chi connectivity index (χ0n) is 13.9. The summed E-state index contributed by atoms with van der Waals surface area (Å²) in [5.41, 5.74) is 6.57. The van der Waals surface area contributed by atoms with Crippen LogP contribution in [-0.4, -0.2) is 4.57 Å². The zero-order valence-corrected chi connectivity index (χ0v) is 13.9. The molecule has 0 fully saturated rings. The van der Waals surface area contributed by atoms with Gasteiger partial charge in [0.15, 0.2) is 11.0 Å². The fourth-order valence-electron chi connectivity index (χ4n) is 3.25. The van der Waals surface area contributed by atoms with Crippen molar-refractivity contribution < 1.29 is 4.57 Å². The molecule has 0 aliphatic heterocycles. The number of nitrogens with zero attached hydrogens (tertiary/aromatic N) is 2. The number of hydrogen-bond donors (Lipinski definition) is 0. The van der Waals surface area contributed by atoms with Crippen LogP contribution >= 0.6 is 0 Å². The summed E-state index contributed by atoms with van der Waals surface area (Å²) in [6.07, 6.45) is 2.24. The molecule has 4 aromatic rings. The van der Waals surface area contributed by atoms with Crippen LogP contribution in [0, 0.1) is 6.92 Å². The highest BCUT2D eigenvalue weighted by Gasteiger charge is 2.16. The maximum Gasteiger partial charge on any atom is 0.245 e. The first kappa shape index (κ1) is 14.7. The molecule has 0 unspecified atom stereocenters. The van der Waals surface area contributed by atoms with Crippen LogP contribution in [0.25, 0.3) is 11.0 Å². The number of para-hydroxylation sites is 2. The highest BCUT2D eigenvalue weighted by molar-refractivity contribution is 5.71. The van der Waals surface area contributed by atoms with Crippen LogP contribution in [0.5, 0.6) is 0 Å². The van der Waals surface area contributed by atoms with E-state index < -0.39 is 0 Å². The second-order valence-corrected chi connectivity index (χ2v) is 6.27. The van der Waals surface area contributed by atoms with E-state index in [1.165, 1.54) is 27.7 Å². The van der Waals surface area contributed by atoms with E-state index in [1.807, 2.05) is 0 Å². The molecule has 1 aromatic heterocycles. The number of hydrogen-bond acceptors (Lipinski definition) is 0. The molecule has 0 N–H and O–H groups in total. The first-order chi connectivity index (χ1) is 11.8. The Labute approximate surface area is 142 Å². The van der Waals surface area contributed by atoms with Crippen LogP contribution in [-0.2, 0) is 13.1 Å². The van der Waals surface area contributed by atoms with Gasteiger partial charge in [-0.3, -0.25) is 0 Å². The molecule has 0 atom stereocenters. The minimum atomic E-state index is 0.891. The smallest absolute Gasteiger partial charge is 0.226 e. The summed E-state index contributed by atoms with van der Waals surface area (Å²) in [6, 6.07) is 27.9. The maximum atomic E-state index is 2.35. The van der Waals surface area contributed by atoms with Gasteiger partial charge < -0.3 is 0 Å². The van der Waals surface area contributed by atoms with Gasteiger partial charge in [-0.15, -0.1) is 0 Å². The molecule has 0 spiro atoms. The molecular weight excluding hydrogens is 292 g/mol. The van der Waals surface area contributed by atoms with E-state index in [1.54, 1.807) is 0 Å². The summed E-state index contributed by atoms with van der Waals surface area (Å²) in [5, 5.41) is 0. The van der Waals surface area contributed by atoms with Crippen molar-refractivity contribution in [3.05, 3.63) is 102 Å². The lowest BCUT2D eigenvalue weighted by molar-refractivity contribution is -0.663. The fourth-order valence-corrected chi connectivity index (χ4v) is 3.25. The van der Waals surface area contributed by atoms with Gasteiger partial charge in [0.1, 0.15) is 13.1 Å². The van der Waals surface area contributed by atoms with E-state index in [9.17, 15) is 0 Å². The Hall–Kier alpha value is -2.87. The lowest BCUT2D eigenvalue weighted by atomic mass is 10.1. The normalized spacial score (nSPS) is 11.0. The number of aryl methyl sites for hydroxylation is 1. The molecule has 0 amide bonds. The Morgan fingerprint density at radius 2 is 1.50 bits per heavy atom. The summed E-state index contributed by atoms with van der Waals surface area (Å²) in [5.74, 6) is 0. The van der Waals surface area contributed by atoms with E-state index in [2.05, 4.69) is 101 Å². The summed E-state index contributed by atoms with van der Waals surface area (Å²) in [6.45, 7) is 3.97. The zero-order chi connectivity index (χ0) is 16.4. The van der Waals surface area contributed by atoms with Crippen molar-refractivity contribution in [3.63, 3.8) is 0 Å². The second kappa shape index (κ2) is 6.32. The molecule has 2 heteroatoms. The van der Waals surface area contributed by atoms with Gasteiger partial charge in [-0.25, -0.2) is 9.13 Å². The second-order valence-electron chi connectivity index (χ2n) is 6.27. The van der Waals surface area contributed by atoms with Gasteiger partial charge >= 0.3 is 0 Å². The average Bonchev–Trinajstić information content (AvgIpc) is 2.96. The summed E-state index contributed by atoms with van der Waals surface area (Å²) in [4.78, 5) is 0. The topological polar surface area (TPSA) is 8.81 Å². The Bertz CT molecular complexity index is 968. The molecule has 0 saturated heterocycles. The molecule has 0 aliphatic carbocycles. The third kappa shape index (κ3) is 2.83. The highest BCUT2D eigenvalue weighted by atomic mass is 15.1. The quantitative estimate of drug-likeness (QED) is 0.496. The van der Waals surface area contributed by atoms with Gasteiger partial charge in [0.25, 0.3) is 0 Å². The van der Waals surface area contributed by atoms with Crippen LogP contribution < -0.4 is 4.57 Å². The monoisotopic (exact) mass is 313 g/mol. The predicted molar refractivity (Wildman–Crippen MR) is 98.0 cm³/mol. The molecule has 2 nitrogen and oxygen atoms in total. The van der Waals surface area contributed by atoms with Crippen molar-refractivity contribution >= 4 is 11.0 Å². The van der Waals surface area contributed by atoms with Crippen molar-refractivity contribution in [1.29, 1.82) is 0 Å². The average molecular weight is 313 g/mol. The van der Waals surface area contributed by atoms with Crippen LogP contribution in [0.1, 0.15) is 16.7 Å². The van der Waals surface area contributed by atoms with E-state index >= 15 is 0 Å². The first-order valence-electron chi connectivity index (χ1n) is 8.37. The molecule has 4 rings (SSSR count). The maximum absolute atomic E-state index is 2.35. The highest BCUT2D eigenvalue weighted by Crippen LogP contribution is 2.16. The molecule has 0 saturated carbocycles. The van der Waals surface area contributed by atoms with Gasteiger partial charge in [0.2, 0.25) is 6.33 Å². The number of rotatable bonds is 4. The van der Waals surface area contributed by atoms with Gasteiger partial charge in [-0.1, -0.05) is 66.7 Å². The summed E-state index contributed by atoms with van der Waals surface area (Å²) < 4.78 is 4.68. The Balaban J connectivity index is 1.75. The van der Waals surface area contributed by atoms with Crippen LogP contribution in [0.3, 0.4) is 0 Å². The third-order valence-corrected chi connectivity index (χ3v) is 4.58. The Morgan fingerprint density at radius 1 is 0.792 bits per heavy atom. The predicted octanol–water partition coefficient (Wildman–Crippen LogP) is 4.33. The molecule has 0 aliphatic rings. The van der Waals surface area contributed by atoms with Gasteiger partial charge in [0, 0.05) is 0 Å². The van der Waals surface area contributed by atoms with Crippen molar-refractivity contribution in [2.24, 2.45) is 0 Å². The molecule has 24 heavy (non-hydrogen) atoms. The summed E-state index contributed by atoms with van der Waals surface area (Å²) in [7, 11) is 0. The summed E-state index contributed by atoms with van der Waals surface area (Å²) >= 11 is 0. The Morgan fingerprint density at radius 3 is 2.33 bits per heavy atom. The molecule has 0 radical (unpaired) electrons.